The van der Waals surface area contributed by atoms with Gasteiger partial charge in [0, 0.05) is 0 Å². The summed E-state index contributed by atoms with van der Waals surface area (Å²) < 4.78 is 5.82. The molecule has 4 heteroatoms. The zero-order chi connectivity index (χ0) is 15.1. The first-order chi connectivity index (χ1) is 9.20. The largest absolute Gasteiger partial charge is 0.487 e. The van der Waals surface area contributed by atoms with Gasteiger partial charge in [-0.3, -0.25) is 0 Å². The number of benzene rings is 1. The Morgan fingerprint density at radius 1 is 1.45 bits per heavy atom. The normalized spacial score (nSPS) is 20.1. The van der Waals surface area contributed by atoms with E-state index in [9.17, 15) is 9.90 Å². The lowest BCUT2D eigenvalue weighted by Gasteiger charge is -2.38. The molecule has 0 aliphatic carbocycles. The minimum Gasteiger partial charge on any atom is -0.487 e. The van der Waals surface area contributed by atoms with E-state index in [1.165, 1.54) is 5.56 Å². The van der Waals surface area contributed by atoms with Crippen LogP contribution in [0.5, 0.6) is 5.75 Å². The standard InChI is InChI=1S/C16H23NO3/c1-10-9-17(11(2)15(18)19)13-8-12(16(3,4)5)6-7-14(13)20-10/h6-8,10-11H,9H2,1-5H3,(H,18,19). The van der Waals surface area contributed by atoms with Gasteiger partial charge in [-0.1, -0.05) is 26.8 Å². The Bertz CT molecular complexity index is 519. The molecular weight excluding hydrogens is 254 g/mol. The molecule has 0 radical (unpaired) electrons. The van der Waals surface area contributed by atoms with Crippen molar-refractivity contribution in [3.05, 3.63) is 23.8 Å². The van der Waals surface area contributed by atoms with E-state index in [4.69, 9.17) is 4.74 Å². The van der Waals surface area contributed by atoms with Gasteiger partial charge in [0.25, 0.3) is 0 Å². The summed E-state index contributed by atoms with van der Waals surface area (Å²) in [5, 5.41) is 9.29. The summed E-state index contributed by atoms with van der Waals surface area (Å²) in [7, 11) is 0. The molecule has 20 heavy (non-hydrogen) atoms. The fourth-order valence-electron chi connectivity index (χ4n) is 2.44. The van der Waals surface area contributed by atoms with Crippen LogP contribution in [0, 0.1) is 0 Å². The summed E-state index contributed by atoms with van der Waals surface area (Å²) in [5.74, 6) is -0.0453. The van der Waals surface area contributed by atoms with Crippen molar-refractivity contribution in [3.8, 4) is 5.75 Å². The van der Waals surface area contributed by atoms with Gasteiger partial charge in [0.05, 0.1) is 12.2 Å². The molecule has 1 aromatic carbocycles. The molecule has 0 fully saturated rings. The van der Waals surface area contributed by atoms with Crippen molar-refractivity contribution < 1.29 is 14.6 Å². The average molecular weight is 277 g/mol. The van der Waals surface area contributed by atoms with Crippen molar-refractivity contribution in [2.24, 2.45) is 0 Å². The Morgan fingerprint density at radius 2 is 2.10 bits per heavy atom. The first-order valence-corrected chi connectivity index (χ1v) is 7.01. The number of hydrogen-bond donors (Lipinski definition) is 1. The third kappa shape index (κ3) is 2.74. The number of aliphatic carboxylic acids is 1. The molecule has 0 spiro atoms. The van der Waals surface area contributed by atoms with E-state index in [0.29, 0.717) is 6.54 Å². The summed E-state index contributed by atoms with van der Waals surface area (Å²) in [5.41, 5.74) is 2.08. The summed E-state index contributed by atoms with van der Waals surface area (Å²) >= 11 is 0. The number of carboxylic acid groups (broad SMARTS) is 1. The van der Waals surface area contributed by atoms with Gasteiger partial charge < -0.3 is 14.7 Å². The smallest absolute Gasteiger partial charge is 0.326 e. The highest BCUT2D eigenvalue weighted by Gasteiger charge is 2.31. The van der Waals surface area contributed by atoms with Gasteiger partial charge in [0.2, 0.25) is 0 Å². The summed E-state index contributed by atoms with van der Waals surface area (Å²) in [6.07, 6.45) is -0.00946. The second kappa shape index (κ2) is 5.00. The van der Waals surface area contributed by atoms with Crippen LogP contribution in [0.25, 0.3) is 0 Å². The Kier molecular flexibility index (Phi) is 3.67. The quantitative estimate of drug-likeness (QED) is 0.902. The minimum absolute atomic E-state index is 0.00946. The number of carboxylic acids is 1. The van der Waals surface area contributed by atoms with Gasteiger partial charge in [0.1, 0.15) is 17.9 Å². The number of hydrogen-bond acceptors (Lipinski definition) is 3. The van der Waals surface area contributed by atoms with Crippen molar-refractivity contribution in [2.75, 3.05) is 11.4 Å². The molecular formula is C16H23NO3. The van der Waals surface area contributed by atoms with Crippen molar-refractivity contribution >= 4 is 11.7 Å². The fourth-order valence-corrected chi connectivity index (χ4v) is 2.44. The number of rotatable bonds is 2. The molecule has 2 atom stereocenters. The Hall–Kier alpha value is -1.71. The predicted molar refractivity (Wildman–Crippen MR) is 79.7 cm³/mol. The second-order valence-corrected chi connectivity index (χ2v) is 6.53. The summed E-state index contributed by atoms with van der Waals surface area (Å²) in [4.78, 5) is 13.2. The highest BCUT2D eigenvalue weighted by Crippen LogP contribution is 2.38. The van der Waals surface area contributed by atoms with Crippen molar-refractivity contribution in [1.82, 2.24) is 0 Å². The SMILES string of the molecule is CC1CN(C(C)C(=O)O)c2cc(C(C)(C)C)ccc2O1. The predicted octanol–water partition coefficient (Wildman–Crippen LogP) is 3.04. The van der Waals surface area contributed by atoms with Gasteiger partial charge in [0.15, 0.2) is 0 Å². The highest BCUT2D eigenvalue weighted by atomic mass is 16.5. The zero-order valence-corrected chi connectivity index (χ0v) is 12.8. The molecule has 0 aromatic heterocycles. The van der Waals surface area contributed by atoms with Gasteiger partial charge in [-0.25, -0.2) is 4.79 Å². The molecule has 2 unspecified atom stereocenters. The maximum Gasteiger partial charge on any atom is 0.326 e. The molecule has 4 nitrogen and oxygen atoms in total. The number of carbonyl (C=O) groups is 1. The van der Waals surface area contributed by atoms with Crippen LogP contribution < -0.4 is 9.64 Å². The molecule has 1 aliphatic rings. The van der Waals surface area contributed by atoms with Crippen LogP contribution in [0.2, 0.25) is 0 Å². The van der Waals surface area contributed by atoms with Crippen LogP contribution >= 0.6 is 0 Å². The molecule has 0 amide bonds. The molecule has 0 bridgehead atoms. The van der Waals surface area contributed by atoms with Gasteiger partial charge in [-0.15, -0.1) is 0 Å². The van der Waals surface area contributed by atoms with Crippen molar-refractivity contribution in [1.29, 1.82) is 0 Å². The number of anilines is 1. The average Bonchev–Trinajstić information content (AvgIpc) is 2.34. The number of fused-ring (bicyclic) bond motifs is 1. The first-order valence-electron chi connectivity index (χ1n) is 7.01. The molecule has 0 saturated heterocycles. The third-order valence-corrected chi connectivity index (χ3v) is 3.74. The molecule has 1 aliphatic heterocycles. The topological polar surface area (TPSA) is 49.8 Å². The molecule has 110 valence electrons. The molecule has 0 saturated carbocycles. The Labute approximate surface area is 120 Å². The van der Waals surface area contributed by atoms with Crippen molar-refractivity contribution in [3.63, 3.8) is 0 Å². The Balaban J connectivity index is 2.48. The van der Waals surface area contributed by atoms with Crippen LogP contribution in [-0.2, 0) is 10.2 Å². The van der Waals surface area contributed by atoms with Gasteiger partial charge in [-0.2, -0.15) is 0 Å². The maximum absolute atomic E-state index is 11.3. The van der Waals surface area contributed by atoms with E-state index in [0.717, 1.165) is 11.4 Å². The summed E-state index contributed by atoms with van der Waals surface area (Å²) in [6, 6.07) is 5.50. The highest BCUT2D eigenvalue weighted by molar-refractivity contribution is 5.79. The number of nitrogens with zero attached hydrogens (tertiary/aromatic N) is 1. The van der Waals surface area contributed by atoms with Gasteiger partial charge in [-0.05, 0) is 37.0 Å². The van der Waals surface area contributed by atoms with E-state index in [2.05, 4.69) is 32.9 Å². The van der Waals surface area contributed by atoms with E-state index < -0.39 is 12.0 Å². The lowest BCUT2D eigenvalue weighted by molar-refractivity contribution is -0.138. The number of ether oxygens (including phenoxy) is 1. The maximum atomic E-state index is 11.3. The van der Waals surface area contributed by atoms with Crippen LogP contribution in [0.15, 0.2) is 18.2 Å². The lowest BCUT2D eigenvalue weighted by atomic mass is 9.86. The fraction of sp³-hybridized carbons (Fsp3) is 0.562. The van der Waals surface area contributed by atoms with Crippen LogP contribution in [0.1, 0.15) is 40.2 Å². The van der Waals surface area contributed by atoms with E-state index in [1.54, 1.807) is 6.92 Å². The van der Waals surface area contributed by atoms with E-state index in [1.807, 2.05) is 17.9 Å². The van der Waals surface area contributed by atoms with Crippen LogP contribution in [0.4, 0.5) is 5.69 Å². The van der Waals surface area contributed by atoms with Gasteiger partial charge >= 0.3 is 5.97 Å². The molecule has 1 heterocycles. The van der Waals surface area contributed by atoms with E-state index in [-0.39, 0.29) is 11.5 Å². The first kappa shape index (κ1) is 14.7. The van der Waals surface area contributed by atoms with E-state index >= 15 is 0 Å². The third-order valence-electron chi connectivity index (χ3n) is 3.74. The van der Waals surface area contributed by atoms with Crippen LogP contribution in [-0.4, -0.2) is 29.8 Å². The molecule has 2 rings (SSSR count). The van der Waals surface area contributed by atoms with Crippen molar-refractivity contribution in [2.45, 2.75) is 52.2 Å². The molecule has 1 aromatic rings. The zero-order valence-electron chi connectivity index (χ0n) is 12.8. The lowest BCUT2D eigenvalue weighted by Crippen LogP contribution is -2.47. The van der Waals surface area contributed by atoms with Crippen LogP contribution in [0.3, 0.4) is 0 Å². The second-order valence-electron chi connectivity index (χ2n) is 6.53. The monoisotopic (exact) mass is 277 g/mol. The molecule has 1 N–H and O–H groups in total. The Morgan fingerprint density at radius 3 is 2.65 bits per heavy atom. The summed E-state index contributed by atoms with van der Waals surface area (Å²) in [6.45, 7) is 10.7. The minimum atomic E-state index is -0.814.